The predicted molar refractivity (Wildman–Crippen MR) is 91.2 cm³/mol. The highest BCUT2D eigenvalue weighted by atomic mass is 16.3. The average Bonchev–Trinajstić information content (AvgIpc) is 2.83. The summed E-state index contributed by atoms with van der Waals surface area (Å²) in [5.74, 6) is -0.142. The van der Waals surface area contributed by atoms with Crippen molar-refractivity contribution in [3.05, 3.63) is 41.3 Å². The van der Waals surface area contributed by atoms with Gasteiger partial charge >= 0.3 is 0 Å². The van der Waals surface area contributed by atoms with Crippen LogP contribution < -0.4 is 5.32 Å². The quantitative estimate of drug-likeness (QED) is 0.772. The van der Waals surface area contributed by atoms with Crippen LogP contribution >= 0.6 is 0 Å². The van der Waals surface area contributed by atoms with E-state index in [1.54, 1.807) is 23.9 Å². The lowest BCUT2D eigenvalue weighted by Crippen LogP contribution is -2.15. The first-order chi connectivity index (χ1) is 11.4. The Balaban J connectivity index is 2.13. The fraction of sp³-hybridized carbons (Fsp3) is 0.294. The fourth-order valence-electron chi connectivity index (χ4n) is 2.61. The molecule has 0 aliphatic heterocycles. The number of carbonyl (C=O) groups is 1. The number of amides is 1. The molecule has 3 rings (SSSR count). The number of pyridine rings is 2. The van der Waals surface area contributed by atoms with E-state index in [9.17, 15) is 9.90 Å². The minimum atomic E-state index is -0.352. The van der Waals surface area contributed by atoms with Crippen molar-refractivity contribution in [2.75, 3.05) is 5.32 Å². The maximum Gasteiger partial charge on any atom is 0.257 e. The van der Waals surface area contributed by atoms with Crippen LogP contribution in [-0.4, -0.2) is 30.8 Å². The summed E-state index contributed by atoms with van der Waals surface area (Å²) in [7, 11) is 1.80. The van der Waals surface area contributed by atoms with Gasteiger partial charge in [0.2, 0.25) is 0 Å². The average molecular weight is 325 g/mol. The first-order valence-electron chi connectivity index (χ1n) is 7.68. The molecule has 0 radical (unpaired) electrons. The molecule has 3 aromatic heterocycles. The molecule has 0 saturated heterocycles. The van der Waals surface area contributed by atoms with E-state index < -0.39 is 0 Å². The van der Waals surface area contributed by atoms with Gasteiger partial charge in [-0.05, 0) is 31.0 Å². The lowest BCUT2D eigenvalue weighted by Gasteiger charge is -2.11. The van der Waals surface area contributed by atoms with Crippen LogP contribution in [0.4, 0.5) is 5.82 Å². The second-order valence-corrected chi connectivity index (χ2v) is 5.98. The zero-order chi connectivity index (χ0) is 17.4. The third-order valence-electron chi connectivity index (χ3n) is 3.84. The highest BCUT2D eigenvalue weighted by Crippen LogP contribution is 2.26. The summed E-state index contributed by atoms with van der Waals surface area (Å²) in [5.41, 5.74) is 2.67. The SMILES string of the molecule is Cc1nn(C)c2nc(C(C)C)cc(C(=O)Nc3ncccc3O)c12. The summed E-state index contributed by atoms with van der Waals surface area (Å²) in [6.07, 6.45) is 1.51. The number of hydrogen-bond acceptors (Lipinski definition) is 5. The van der Waals surface area contributed by atoms with E-state index in [2.05, 4.69) is 20.4 Å². The maximum atomic E-state index is 12.8. The number of aromatic nitrogens is 4. The van der Waals surface area contributed by atoms with Crippen molar-refractivity contribution in [3.8, 4) is 5.75 Å². The lowest BCUT2D eigenvalue weighted by molar-refractivity contribution is 0.102. The Bertz CT molecular complexity index is 930. The molecule has 0 aliphatic rings. The molecule has 0 atom stereocenters. The van der Waals surface area contributed by atoms with Crippen LogP contribution in [0.2, 0.25) is 0 Å². The van der Waals surface area contributed by atoms with Crippen LogP contribution in [0, 0.1) is 6.92 Å². The van der Waals surface area contributed by atoms with Crippen LogP contribution in [0.5, 0.6) is 5.75 Å². The molecule has 0 fully saturated rings. The van der Waals surface area contributed by atoms with E-state index in [1.165, 1.54) is 12.3 Å². The van der Waals surface area contributed by atoms with Gasteiger partial charge in [-0.25, -0.2) is 9.97 Å². The molecule has 3 aromatic rings. The Morgan fingerprint density at radius 1 is 1.38 bits per heavy atom. The largest absolute Gasteiger partial charge is 0.504 e. The Morgan fingerprint density at radius 2 is 2.12 bits per heavy atom. The summed E-state index contributed by atoms with van der Waals surface area (Å²) in [5, 5.41) is 17.5. The number of rotatable bonds is 3. The van der Waals surface area contributed by atoms with Crippen molar-refractivity contribution >= 4 is 22.8 Å². The first-order valence-corrected chi connectivity index (χ1v) is 7.68. The van der Waals surface area contributed by atoms with Crippen LogP contribution in [0.15, 0.2) is 24.4 Å². The number of carbonyl (C=O) groups excluding carboxylic acids is 1. The second kappa shape index (κ2) is 5.92. The fourth-order valence-corrected chi connectivity index (χ4v) is 2.61. The normalized spacial score (nSPS) is 11.2. The minimum Gasteiger partial charge on any atom is -0.504 e. The zero-order valence-corrected chi connectivity index (χ0v) is 14.0. The third-order valence-corrected chi connectivity index (χ3v) is 3.84. The Labute approximate surface area is 139 Å². The number of nitrogens with one attached hydrogen (secondary N) is 1. The van der Waals surface area contributed by atoms with Crippen LogP contribution in [-0.2, 0) is 7.05 Å². The van der Waals surface area contributed by atoms with Crippen molar-refractivity contribution < 1.29 is 9.90 Å². The van der Waals surface area contributed by atoms with Gasteiger partial charge in [0.05, 0.1) is 16.6 Å². The standard InChI is InChI=1S/C17H19N5O2/c1-9(2)12-8-11(14-10(3)21-22(4)16(14)19-12)17(24)20-15-13(23)6-5-7-18-15/h5-9,23H,1-4H3,(H,18,20,24). The molecule has 124 valence electrons. The van der Waals surface area contributed by atoms with E-state index in [1.807, 2.05) is 20.8 Å². The number of anilines is 1. The smallest absolute Gasteiger partial charge is 0.257 e. The number of aryl methyl sites for hydroxylation is 2. The monoisotopic (exact) mass is 325 g/mol. The molecular weight excluding hydrogens is 306 g/mol. The molecule has 0 bridgehead atoms. The van der Waals surface area contributed by atoms with Crippen LogP contribution in [0.3, 0.4) is 0 Å². The molecule has 0 aliphatic carbocycles. The predicted octanol–water partition coefficient (Wildman–Crippen LogP) is 2.75. The van der Waals surface area contributed by atoms with E-state index in [-0.39, 0.29) is 23.4 Å². The molecule has 24 heavy (non-hydrogen) atoms. The zero-order valence-electron chi connectivity index (χ0n) is 14.0. The van der Waals surface area contributed by atoms with E-state index in [0.29, 0.717) is 16.6 Å². The van der Waals surface area contributed by atoms with Gasteiger partial charge in [0.25, 0.3) is 5.91 Å². The highest BCUT2D eigenvalue weighted by Gasteiger charge is 2.20. The summed E-state index contributed by atoms with van der Waals surface area (Å²) < 4.78 is 1.67. The van der Waals surface area contributed by atoms with E-state index >= 15 is 0 Å². The Hall–Kier alpha value is -2.96. The summed E-state index contributed by atoms with van der Waals surface area (Å²) in [4.78, 5) is 21.4. The number of aromatic hydroxyl groups is 1. The van der Waals surface area contributed by atoms with Gasteiger partial charge in [-0.15, -0.1) is 0 Å². The van der Waals surface area contributed by atoms with Gasteiger partial charge < -0.3 is 10.4 Å². The Kier molecular flexibility index (Phi) is 3.92. The summed E-state index contributed by atoms with van der Waals surface area (Å²) in [6.45, 7) is 5.88. The molecule has 1 amide bonds. The third kappa shape index (κ3) is 2.68. The summed E-state index contributed by atoms with van der Waals surface area (Å²) in [6, 6.07) is 4.84. The maximum absolute atomic E-state index is 12.8. The van der Waals surface area contributed by atoms with E-state index in [0.717, 1.165) is 11.4 Å². The molecule has 0 unspecified atom stereocenters. The van der Waals surface area contributed by atoms with Crippen molar-refractivity contribution in [1.29, 1.82) is 0 Å². The summed E-state index contributed by atoms with van der Waals surface area (Å²) >= 11 is 0. The molecular formula is C17H19N5O2. The topological polar surface area (TPSA) is 92.9 Å². The van der Waals surface area contributed by atoms with Gasteiger partial charge in [-0.3, -0.25) is 9.48 Å². The van der Waals surface area contributed by atoms with Crippen molar-refractivity contribution in [3.63, 3.8) is 0 Å². The van der Waals surface area contributed by atoms with E-state index in [4.69, 9.17) is 0 Å². The van der Waals surface area contributed by atoms with Gasteiger partial charge in [0.1, 0.15) is 0 Å². The Morgan fingerprint density at radius 3 is 2.79 bits per heavy atom. The van der Waals surface area contributed by atoms with Crippen molar-refractivity contribution in [2.24, 2.45) is 7.05 Å². The molecule has 2 N–H and O–H groups in total. The van der Waals surface area contributed by atoms with Crippen molar-refractivity contribution in [2.45, 2.75) is 26.7 Å². The van der Waals surface area contributed by atoms with Gasteiger partial charge in [-0.1, -0.05) is 13.8 Å². The molecule has 7 nitrogen and oxygen atoms in total. The molecule has 0 spiro atoms. The molecule has 3 heterocycles. The lowest BCUT2D eigenvalue weighted by atomic mass is 10.0. The number of fused-ring (bicyclic) bond motifs is 1. The molecule has 0 aromatic carbocycles. The highest BCUT2D eigenvalue weighted by molar-refractivity contribution is 6.12. The number of hydrogen-bond donors (Lipinski definition) is 2. The minimum absolute atomic E-state index is 0.0804. The molecule has 0 saturated carbocycles. The van der Waals surface area contributed by atoms with Gasteiger partial charge in [-0.2, -0.15) is 5.10 Å². The number of nitrogens with zero attached hydrogens (tertiary/aromatic N) is 4. The first kappa shape index (κ1) is 15.9. The van der Waals surface area contributed by atoms with Crippen molar-refractivity contribution in [1.82, 2.24) is 19.7 Å². The van der Waals surface area contributed by atoms with Gasteiger partial charge in [0, 0.05) is 18.9 Å². The van der Waals surface area contributed by atoms with Crippen LogP contribution in [0.25, 0.3) is 11.0 Å². The van der Waals surface area contributed by atoms with Gasteiger partial charge in [0.15, 0.2) is 17.2 Å². The second-order valence-electron chi connectivity index (χ2n) is 5.98. The van der Waals surface area contributed by atoms with Crippen LogP contribution in [0.1, 0.15) is 41.5 Å². The molecule has 7 heteroatoms.